The normalized spacial score (nSPS) is 13.4. The summed E-state index contributed by atoms with van der Waals surface area (Å²) in [7, 11) is 0. The number of aliphatic hydroxyl groups is 1. The summed E-state index contributed by atoms with van der Waals surface area (Å²) in [6, 6.07) is 8.98. The molecule has 0 fully saturated rings. The van der Waals surface area contributed by atoms with Crippen LogP contribution in [0.15, 0.2) is 55.1 Å². The second kappa shape index (κ2) is 7.59. The number of imidazole rings is 1. The van der Waals surface area contributed by atoms with E-state index >= 15 is 0 Å². The minimum absolute atomic E-state index is 0.105. The van der Waals surface area contributed by atoms with Crippen molar-refractivity contribution in [1.82, 2.24) is 9.55 Å². The van der Waals surface area contributed by atoms with Crippen LogP contribution in [0.3, 0.4) is 0 Å². The Bertz CT molecular complexity index is 960. The van der Waals surface area contributed by atoms with Crippen LogP contribution in [-0.2, 0) is 12.1 Å². The number of nitrogens with zero attached hydrogens (tertiary/aromatic N) is 2. The highest BCUT2D eigenvalue weighted by Gasteiger charge is 2.41. The molecule has 26 heavy (non-hydrogen) atoms. The SMILES string of the molecule is O=C(c1ccc(Cl)cc1Cl)C(O)(Cn1ccnc1)c1ccc(Cl)cc1Cl. The minimum atomic E-state index is -1.99. The Morgan fingerprint density at radius 3 is 2.27 bits per heavy atom. The van der Waals surface area contributed by atoms with Gasteiger partial charge in [0.15, 0.2) is 5.60 Å². The topological polar surface area (TPSA) is 55.1 Å². The van der Waals surface area contributed by atoms with E-state index in [0.717, 1.165) is 0 Å². The van der Waals surface area contributed by atoms with Crippen LogP contribution in [0.1, 0.15) is 15.9 Å². The minimum Gasteiger partial charge on any atom is -0.375 e. The van der Waals surface area contributed by atoms with E-state index in [9.17, 15) is 9.90 Å². The number of ketones is 1. The number of benzene rings is 2. The summed E-state index contributed by atoms with van der Waals surface area (Å²) >= 11 is 24.3. The number of carbonyl (C=O) groups is 1. The molecule has 1 N–H and O–H groups in total. The molecule has 134 valence electrons. The van der Waals surface area contributed by atoms with E-state index in [1.54, 1.807) is 23.0 Å². The highest BCUT2D eigenvalue weighted by atomic mass is 35.5. The molecule has 0 amide bonds. The fraction of sp³-hybridized carbons (Fsp3) is 0.111. The van der Waals surface area contributed by atoms with E-state index in [2.05, 4.69) is 4.98 Å². The van der Waals surface area contributed by atoms with Crippen LogP contribution in [-0.4, -0.2) is 20.4 Å². The summed E-state index contributed by atoms with van der Waals surface area (Å²) in [6.45, 7) is -0.105. The molecule has 3 aromatic rings. The van der Waals surface area contributed by atoms with Gasteiger partial charge in [0.2, 0.25) is 5.78 Å². The number of rotatable bonds is 5. The van der Waals surface area contributed by atoms with Gasteiger partial charge >= 0.3 is 0 Å². The van der Waals surface area contributed by atoms with E-state index in [1.165, 1.54) is 36.7 Å². The number of hydrogen-bond acceptors (Lipinski definition) is 3. The van der Waals surface area contributed by atoms with Crippen molar-refractivity contribution in [2.24, 2.45) is 0 Å². The summed E-state index contributed by atoms with van der Waals surface area (Å²) in [5.41, 5.74) is -1.64. The fourth-order valence-corrected chi connectivity index (χ4v) is 3.70. The van der Waals surface area contributed by atoms with E-state index in [1.807, 2.05) is 0 Å². The maximum absolute atomic E-state index is 13.3. The fourth-order valence-electron chi connectivity index (χ4n) is 2.65. The molecule has 1 aromatic heterocycles. The van der Waals surface area contributed by atoms with Crippen LogP contribution < -0.4 is 0 Å². The van der Waals surface area contributed by atoms with Crippen LogP contribution in [0.25, 0.3) is 0 Å². The largest absolute Gasteiger partial charge is 0.375 e. The maximum atomic E-state index is 13.3. The first kappa shape index (κ1) is 19.2. The molecule has 0 saturated heterocycles. The average molecular weight is 430 g/mol. The molecule has 0 bridgehead atoms. The second-order valence-corrected chi connectivity index (χ2v) is 7.36. The van der Waals surface area contributed by atoms with Crippen LogP contribution in [0.4, 0.5) is 0 Å². The molecule has 4 nitrogen and oxygen atoms in total. The Morgan fingerprint density at radius 2 is 1.69 bits per heavy atom. The number of hydrogen-bond donors (Lipinski definition) is 1. The van der Waals surface area contributed by atoms with Gasteiger partial charge in [0.1, 0.15) is 0 Å². The van der Waals surface area contributed by atoms with Gasteiger partial charge in [-0.2, -0.15) is 0 Å². The summed E-state index contributed by atoms with van der Waals surface area (Å²) in [5.74, 6) is -0.614. The molecule has 1 heterocycles. The molecule has 8 heteroatoms. The van der Waals surface area contributed by atoms with Crippen molar-refractivity contribution in [3.63, 3.8) is 0 Å². The average Bonchev–Trinajstić information content (AvgIpc) is 3.06. The van der Waals surface area contributed by atoms with Gasteiger partial charge in [-0.1, -0.05) is 52.5 Å². The number of Topliss-reactive ketones (excluding diaryl/α,β-unsaturated/α-hetero) is 1. The highest BCUT2D eigenvalue weighted by molar-refractivity contribution is 6.37. The van der Waals surface area contributed by atoms with Crippen molar-refractivity contribution < 1.29 is 9.90 Å². The second-order valence-electron chi connectivity index (χ2n) is 5.67. The number of aromatic nitrogens is 2. The molecule has 1 unspecified atom stereocenters. The highest BCUT2D eigenvalue weighted by Crippen LogP contribution is 2.36. The molecule has 3 rings (SSSR count). The maximum Gasteiger partial charge on any atom is 0.202 e. The lowest BCUT2D eigenvalue weighted by Gasteiger charge is -2.29. The van der Waals surface area contributed by atoms with Gasteiger partial charge in [-0.15, -0.1) is 0 Å². The summed E-state index contributed by atoms with van der Waals surface area (Å²) in [5, 5.41) is 12.5. The Balaban J connectivity index is 2.15. The van der Waals surface area contributed by atoms with Crippen molar-refractivity contribution in [1.29, 1.82) is 0 Å². The zero-order valence-corrected chi connectivity index (χ0v) is 16.2. The predicted octanol–water partition coefficient (Wildman–Crippen LogP) is 5.27. The van der Waals surface area contributed by atoms with Crippen molar-refractivity contribution in [3.8, 4) is 0 Å². The third kappa shape index (κ3) is 3.75. The Kier molecular flexibility index (Phi) is 5.61. The van der Waals surface area contributed by atoms with Crippen LogP contribution in [0.5, 0.6) is 0 Å². The van der Waals surface area contributed by atoms with Crippen molar-refractivity contribution in [2.45, 2.75) is 12.1 Å². The summed E-state index contributed by atoms with van der Waals surface area (Å²) < 4.78 is 1.58. The monoisotopic (exact) mass is 428 g/mol. The Hall–Kier alpha value is -1.56. The third-order valence-corrected chi connectivity index (χ3v) is 4.99. The van der Waals surface area contributed by atoms with Gasteiger partial charge in [-0.25, -0.2) is 4.98 Å². The van der Waals surface area contributed by atoms with Gasteiger partial charge in [-0.3, -0.25) is 4.79 Å². The van der Waals surface area contributed by atoms with Crippen LogP contribution >= 0.6 is 46.4 Å². The van der Waals surface area contributed by atoms with Gasteiger partial charge in [0.05, 0.1) is 17.9 Å². The molecule has 0 aliphatic heterocycles. The van der Waals surface area contributed by atoms with E-state index in [4.69, 9.17) is 46.4 Å². The molecular weight excluding hydrogens is 418 g/mol. The van der Waals surface area contributed by atoms with Gasteiger partial charge < -0.3 is 9.67 Å². The lowest BCUT2D eigenvalue weighted by molar-refractivity contribution is 0.0202. The van der Waals surface area contributed by atoms with Gasteiger partial charge in [0.25, 0.3) is 0 Å². The van der Waals surface area contributed by atoms with E-state index < -0.39 is 11.4 Å². The number of carbonyl (C=O) groups excluding carboxylic acids is 1. The molecule has 2 aromatic carbocycles. The van der Waals surface area contributed by atoms with E-state index in [-0.39, 0.29) is 27.7 Å². The standard InChI is InChI=1S/C18H12Cl4N2O2/c19-11-1-3-13(15(21)7-11)17(25)18(26,9-24-6-5-23-10-24)14-4-2-12(20)8-16(14)22/h1-8,10,26H,9H2. The molecule has 0 aliphatic rings. The summed E-state index contributed by atoms with van der Waals surface area (Å²) in [6.07, 6.45) is 4.67. The Morgan fingerprint density at radius 1 is 1.04 bits per heavy atom. The molecule has 0 saturated carbocycles. The van der Waals surface area contributed by atoms with Gasteiger partial charge in [-0.05, 0) is 30.3 Å². The van der Waals surface area contributed by atoms with Crippen molar-refractivity contribution in [3.05, 3.63) is 86.3 Å². The predicted molar refractivity (Wildman–Crippen MR) is 103 cm³/mol. The first-order valence-corrected chi connectivity index (χ1v) is 8.96. The molecule has 1 atom stereocenters. The van der Waals surface area contributed by atoms with E-state index in [0.29, 0.717) is 10.0 Å². The lowest BCUT2D eigenvalue weighted by atomic mass is 9.85. The zero-order valence-electron chi connectivity index (χ0n) is 13.2. The van der Waals surface area contributed by atoms with Crippen LogP contribution in [0.2, 0.25) is 20.1 Å². The van der Waals surface area contributed by atoms with Gasteiger partial charge in [0, 0.05) is 38.6 Å². The third-order valence-electron chi connectivity index (χ3n) is 3.90. The first-order chi connectivity index (χ1) is 12.3. The van der Waals surface area contributed by atoms with Crippen LogP contribution in [0, 0.1) is 0 Å². The summed E-state index contributed by atoms with van der Waals surface area (Å²) in [4.78, 5) is 17.2. The molecular formula is C18H12Cl4N2O2. The van der Waals surface area contributed by atoms with Crippen molar-refractivity contribution in [2.75, 3.05) is 0 Å². The number of halogens is 4. The quantitative estimate of drug-likeness (QED) is 0.562. The smallest absolute Gasteiger partial charge is 0.202 e. The molecule has 0 spiro atoms. The molecule has 0 aliphatic carbocycles. The molecule has 0 radical (unpaired) electrons. The van der Waals surface area contributed by atoms with Crippen molar-refractivity contribution >= 4 is 52.2 Å². The first-order valence-electron chi connectivity index (χ1n) is 7.45. The lowest BCUT2D eigenvalue weighted by Crippen LogP contribution is -2.40. The Labute approximate surface area is 169 Å². The zero-order chi connectivity index (χ0) is 18.9.